The molecule has 1 atom stereocenters. The van der Waals surface area contributed by atoms with Crippen molar-refractivity contribution in [1.82, 2.24) is 4.98 Å². The lowest BCUT2D eigenvalue weighted by Crippen LogP contribution is -2.05. The van der Waals surface area contributed by atoms with E-state index in [1.165, 1.54) is 11.3 Å². The van der Waals surface area contributed by atoms with Crippen LogP contribution in [0.2, 0.25) is 0 Å². The van der Waals surface area contributed by atoms with Crippen molar-refractivity contribution < 1.29 is 9.84 Å². The minimum Gasteiger partial charge on any atom is -0.491 e. The first-order valence-electron chi connectivity index (χ1n) is 5.61. The van der Waals surface area contributed by atoms with Gasteiger partial charge in [-0.1, -0.05) is 12.1 Å². The Morgan fingerprint density at radius 1 is 1.28 bits per heavy atom. The third-order valence-electron chi connectivity index (χ3n) is 2.37. The second-order valence-corrected chi connectivity index (χ2v) is 5.78. The van der Waals surface area contributed by atoms with E-state index in [-0.39, 0.29) is 6.10 Å². The minimum absolute atomic E-state index is 0.149. The van der Waals surface area contributed by atoms with Gasteiger partial charge in [0.1, 0.15) is 16.5 Å². The Bertz CT molecular complexity index is 510. The number of ether oxygens (including phenoxy) is 1. The summed E-state index contributed by atoms with van der Waals surface area (Å²) in [7, 11) is 0. The summed E-state index contributed by atoms with van der Waals surface area (Å²) in [6.07, 6.45) is -0.503. The average Bonchev–Trinajstić information content (AvgIpc) is 2.75. The molecule has 0 radical (unpaired) electrons. The molecule has 2 aromatic rings. The highest BCUT2D eigenvalue weighted by atomic mass is 79.9. The number of thiazole rings is 1. The monoisotopic (exact) mass is 327 g/mol. The fraction of sp³-hybridized carbons (Fsp3) is 0.308. The smallest absolute Gasteiger partial charge is 0.123 e. The summed E-state index contributed by atoms with van der Waals surface area (Å²) in [4.78, 5) is 4.88. The summed E-state index contributed by atoms with van der Waals surface area (Å²) in [5.41, 5.74) is 2.54. The number of aromatic nitrogens is 1. The molecule has 0 aliphatic carbocycles. The van der Waals surface area contributed by atoms with E-state index in [1.807, 2.05) is 38.1 Å². The van der Waals surface area contributed by atoms with Gasteiger partial charge in [-0.3, -0.25) is 0 Å². The normalized spacial score (nSPS) is 12.7. The van der Waals surface area contributed by atoms with Crippen molar-refractivity contribution in [2.45, 2.75) is 26.1 Å². The van der Waals surface area contributed by atoms with Gasteiger partial charge in [-0.25, -0.2) is 4.98 Å². The number of hydrogen-bond acceptors (Lipinski definition) is 4. The van der Waals surface area contributed by atoms with Gasteiger partial charge in [0.05, 0.1) is 16.5 Å². The van der Waals surface area contributed by atoms with Crippen LogP contribution in [0.15, 0.2) is 34.4 Å². The number of rotatable bonds is 4. The molecule has 3 nitrogen and oxygen atoms in total. The molecule has 0 saturated heterocycles. The van der Waals surface area contributed by atoms with Gasteiger partial charge in [0, 0.05) is 0 Å². The number of hydrogen-bond donors (Lipinski definition) is 1. The molecule has 1 heterocycles. The topological polar surface area (TPSA) is 42.4 Å². The van der Waals surface area contributed by atoms with E-state index in [9.17, 15) is 5.11 Å². The summed E-state index contributed by atoms with van der Waals surface area (Å²) in [6, 6.07) is 7.48. The van der Waals surface area contributed by atoms with Gasteiger partial charge in [-0.2, -0.15) is 0 Å². The third kappa shape index (κ3) is 3.10. The zero-order valence-corrected chi connectivity index (χ0v) is 12.5. The molecule has 0 fully saturated rings. The predicted octanol–water partition coefficient (Wildman–Crippen LogP) is 3.77. The first-order chi connectivity index (χ1) is 8.58. The molecule has 0 aliphatic rings. The molecule has 5 heteroatoms. The van der Waals surface area contributed by atoms with Gasteiger partial charge >= 0.3 is 0 Å². The van der Waals surface area contributed by atoms with Crippen LogP contribution in [0.1, 0.15) is 30.4 Å². The number of aliphatic hydroxyl groups is 1. The van der Waals surface area contributed by atoms with Gasteiger partial charge in [0.15, 0.2) is 0 Å². The molecule has 0 saturated carbocycles. The highest BCUT2D eigenvalue weighted by Crippen LogP contribution is 2.31. The molecule has 18 heavy (non-hydrogen) atoms. The zero-order chi connectivity index (χ0) is 13.1. The van der Waals surface area contributed by atoms with Gasteiger partial charge in [0.25, 0.3) is 0 Å². The highest BCUT2D eigenvalue weighted by Gasteiger charge is 2.16. The number of halogens is 1. The molecule has 1 aromatic heterocycles. The molecule has 0 spiro atoms. The van der Waals surface area contributed by atoms with Gasteiger partial charge in [0.2, 0.25) is 0 Å². The van der Waals surface area contributed by atoms with E-state index in [1.54, 1.807) is 5.51 Å². The van der Waals surface area contributed by atoms with Crippen molar-refractivity contribution in [3.05, 3.63) is 44.8 Å². The van der Waals surface area contributed by atoms with Crippen LogP contribution in [0.25, 0.3) is 0 Å². The van der Waals surface area contributed by atoms with Crippen LogP contribution in [0.3, 0.4) is 0 Å². The first-order valence-corrected chi connectivity index (χ1v) is 7.28. The van der Waals surface area contributed by atoms with E-state index >= 15 is 0 Å². The Morgan fingerprint density at radius 3 is 2.44 bits per heavy atom. The fourth-order valence-electron chi connectivity index (χ4n) is 1.57. The third-order valence-corrected chi connectivity index (χ3v) is 4.14. The molecule has 1 unspecified atom stereocenters. The van der Waals surface area contributed by atoms with Crippen molar-refractivity contribution in [2.24, 2.45) is 0 Å². The summed E-state index contributed by atoms with van der Waals surface area (Å²) in [5, 5.41) is 10.2. The lowest BCUT2D eigenvalue weighted by molar-refractivity contribution is 0.222. The van der Waals surface area contributed by atoms with Gasteiger partial charge in [-0.15, -0.1) is 11.3 Å². The van der Waals surface area contributed by atoms with E-state index in [2.05, 4.69) is 20.9 Å². The van der Waals surface area contributed by atoms with E-state index in [4.69, 9.17) is 4.74 Å². The van der Waals surface area contributed by atoms with Crippen molar-refractivity contribution >= 4 is 27.3 Å². The summed E-state index contributed by atoms with van der Waals surface area (Å²) in [5.74, 6) is 0.810. The highest BCUT2D eigenvalue weighted by molar-refractivity contribution is 9.10. The molecule has 96 valence electrons. The standard InChI is InChI=1S/C13H14BrNO2S/c1-8(2)17-10-5-3-9(4-6-10)11(16)12-13(14)15-7-18-12/h3-8,11,16H,1-2H3. The summed E-state index contributed by atoms with van der Waals surface area (Å²) >= 11 is 4.75. The predicted molar refractivity (Wildman–Crippen MR) is 76.1 cm³/mol. The summed E-state index contributed by atoms with van der Waals surface area (Å²) < 4.78 is 6.26. The van der Waals surface area contributed by atoms with Crippen molar-refractivity contribution in [3.8, 4) is 5.75 Å². The average molecular weight is 328 g/mol. The maximum Gasteiger partial charge on any atom is 0.123 e. The molecule has 0 aliphatic heterocycles. The molecular weight excluding hydrogens is 314 g/mol. The maximum atomic E-state index is 10.2. The Labute approximate surface area is 119 Å². The fourth-order valence-corrected chi connectivity index (χ4v) is 2.99. The van der Waals surface area contributed by atoms with E-state index < -0.39 is 6.10 Å². The van der Waals surface area contributed by atoms with Crippen LogP contribution < -0.4 is 4.74 Å². The van der Waals surface area contributed by atoms with Crippen LogP contribution in [-0.2, 0) is 0 Å². The molecule has 0 bridgehead atoms. The molecule has 2 rings (SSSR count). The summed E-state index contributed by atoms with van der Waals surface area (Å²) in [6.45, 7) is 3.97. The SMILES string of the molecule is CC(C)Oc1ccc(C(O)c2scnc2Br)cc1. The van der Waals surface area contributed by atoms with Crippen LogP contribution in [0.5, 0.6) is 5.75 Å². The van der Waals surface area contributed by atoms with Crippen molar-refractivity contribution in [3.63, 3.8) is 0 Å². The number of nitrogens with zero attached hydrogens (tertiary/aromatic N) is 1. The van der Waals surface area contributed by atoms with Crippen LogP contribution in [0, 0.1) is 0 Å². The maximum absolute atomic E-state index is 10.2. The van der Waals surface area contributed by atoms with E-state index in [0.717, 1.165) is 16.2 Å². The molecular formula is C13H14BrNO2S. The molecule has 1 aromatic carbocycles. The van der Waals surface area contributed by atoms with Crippen LogP contribution in [0.4, 0.5) is 0 Å². The Kier molecular flexibility index (Phi) is 4.37. The quantitative estimate of drug-likeness (QED) is 0.929. The Hall–Kier alpha value is -0.910. The Balaban J connectivity index is 2.17. The van der Waals surface area contributed by atoms with Crippen molar-refractivity contribution in [2.75, 3.05) is 0 Å². The van der Waals surface area contributed by atoms with E-state index in [0.29, 0.717) is 4.60 Å². The second kappa shape index (κ2) is 5.82. The van der Waals surface area contributed by atoms with Gasteiger partial charge < -0.3 is 9.84 Å². The van der Waals surface area contributed by atoms with Crippen LogP contribution >= 0.6 is 27.3 Å². The first kappa shape index (κ1) is 13.5. The minimum atomic E-state index is -0.653. The zero-order valence-electron chi connectivity index (χ0n) is 10.1. The number of aliphatic hydroxyl groups excluding tert-OH is 1. The molecule has 1 N–H and O–H groups in total. The largest absolute Gasteiger partial charge is 0.491 e. The molecule has 0 amide bonds. The second-order valence-electron chi connectivity index (χ2n) is 4.15. The lowest BCUT2D eigenvalue weighted by atomic mass is 10.1. The van der Waals surface area contributed by atoms with Crippen LogP contribution in [-0.4, -0.2) is 16.2 Å². The number of benzene rings is 1. The Morgan fingerprint density at radius 2 is 1.94 bits per heavy atom. The van der Waals surface area contributed by atoms with Crippen molar-refractivity contribution in [1.29, 1.82) is 0 Å². The van der Waals surface area contributed by atoms with Gasteiger partial charge in [-0.05, 0) is 47.5 Å². The lowest BCUT2D eigenvalue weighted by Gasteiger charge is -2.12.